The fraction of sp³-hybridized carbons (Fsp3) is 0.375. The fourth-order valence-corrected chi connectivity index (χ4v) is 5.82. The van der Waals surface area contributed by atoms with Crippen LogP contribution < -0.4 is 25.8 Å². The molecule has 1 aromatic heterocycles. The maximum Gasteiger partial charge on any atom is 0.586 e. The monoisotopic (exact) mass is 605 g/mol. The van der Waals surface area contributed by atoms with Gasteiger partial charge in [-0.25, -0.2) is 4.98 Å². The Morgan fingerprint density at radius 2 is 1.77 bits per heavy atom. The first-order valence-corrected chi connectivity index (χ1v) is 14.6. The van der Waals surface area contributed by atoms with Crippen molar-refractivity contribution in [1.82, 2.24) is 15.2 Å². The number of anilines is 1. The van der Waals surface area contributed by atoms with Gasteiger partial charge in [0.15, 0.2) is 11.5 Å². The third-order valence-electron chi connectivity index (χ3n) is 8.58. The molecule has 1 saturated heterocycles. The molecular weight excluding hydrogens is 572 g/mol. The number of amides is 3. The Hall–Kier alpha value is -4.58. The van der Waals surface area contributed by atoms with Gasteiger partial charge in [-0.1, -0.05) is 24.3 Å². The summed E-state index contributed by atoms with van der Waals surface area (Å²) < 4.78 is 36.0. The minimum absolute atomic E-state index is 0.0718. The van der Waals surface area contributed by atoms with Crippen LogP contribution in [0.1, 0.15) is 47.2 Å². The summed E-state index contributed by atoms with van der Waals surface area (Å²) in [6, 6.07) is 15.1. The Morgan fingerprint density at radius 3 is 2.50 bits per heavy atom. The van der Waals surface area contributed by atoms with Gasteiger partial charge in [-0.05, 0) is 87.2 Å². The second-order valence-corrected chi connectivity index (χ2v) is 11.6. The molecule has 0 atom stereocenters. The number of likely N-dealkylation sites (tertiary alicyclic amines) is 1. The number of benzene rings is 2. The van der Waals surface area contributed by atoms with Crippen LogP contribution in [0.5, 0.6) is 11.5 Å². The van der Waals surface area contributed by atoms with Crippen molar-refractivity contribution in [2.45, 2.75) is 44.3 Å². The largest absolute Gasteiger partial charge is 0.586 e. The molecule has 1 saturated carbocycles. The minimum Gasteiger partial charge on any atom is -0.395 e. The average Bonchev–Trinajstić information content (AvgIpc) is 3.75. The molecule has 3 aromatic rings. The van der Waals surface area contributed by atoms with E-state index in [-0.39, 0.29) is 35.1 Å². The lowest BCUT2D eigenvalue weighted by molar-refractivity contribution is -0.286. The van der Waals surface area contributed by atoms with E-state index >= 15 is 0 Å². The molecule has 0 radical (unpaired) electrons. The number of primary amides is 1. The molecule has 4 N–H and O–H groups in total. The fourth-order valence-electron chi connectivity index (χ4n) is 5.82. The van der Waals surface area contributed by atoms with Gasteiger partial charge < -0.3 is 30.7 Å². The van der Waals surface area contributed by atoms with E-state index in [0.29, 0.717) is 48.6 Å². The van der Waals surface area contributed by atoms with Crippen LogP contribution in [0, 0.1) is 12.8 Å². The highest BCUT2D eigenvalue weighted by atomic mass is 19.3. The van der Waals surface area contributed by atoms with Gasteiger partial charge in [0.1, 0.15) is 5.82 Å². The van der Waals surface area contributed by atoms with E-state index < -0.39 is 11.7 Å². The number of hydrogen-bond acceptors (Lipinski definition) is 7. The van der Waals surface area contributed by atoms with Gasteiger partial charge in [-0.2, -0.15) is 0 Å². The second kappa shape index (κ2) is 11.5. The van der Waals surface area contributed by atoms with Crippen molar-refractivity contribution < 1.29 is 32.6 Å². The average molecular weight is 606 g/mol. The maximum absolute atomic E-state index is 13.5. The Balaban J connectivity index is 1.10. The number of carbonyl (C=O) groups excluding carboxylic acids is 3. The van der Waals surface area contributed by atoms with E-state index in [1.54, 1.807) is 30.3 Å². The molecule has 0 bridgehead atoms. The minimum atomic E-state index is -3.73. The topological polar surface area (TPSA) is 136 Å². The molecule has 44 heavy (non-hydrogen) atoms. The van der Waals surface area contributed by atoms with Gasteiger partial charge in [0.25, 0.3) is 5.91 Å². The first-order chi connectivity index (χ1) is 21.0. The predicted octanol–water partition coefficient (Wildman–Crippen LogP) is 3.98. The van der Waals surface area contributed by atoms with E-state index in [1.807, 2.05) is 19.1 Å². The van der Waals surface area contributed by atoms with Crippen molar-refractivity contribution in [3.8, 4) is 22.8 Å². The van der Waals surface area contributed by atoms with Crippen LogP contribution in [0.3, 0.4) is 0 Å². The molecule has 3 aliphatic rings. The Morgan fingerprint density at radius 1 is 1.02 bits per heavy atom. The molecule has 0 spiro atoms. The highest BCUT2D eigenvalue weighted by Crippen LogP contribution is 2.52. The lowest BCUT2D eigenvalue weighted by Crippen LogP contribution is -2.42. The second-order valence-electron chi connectivity index (χ2n) is 11.6. The summed E-state index contributed by atoms with van der Waals surface area (Å²) in [5.74, 6) is -0.663. The third kappa shape index (κ3) is 6.07. The summed E-state index contributed by atoms with van der Waals surface area (Å²) in [5, 5.41) is 5.85. The number of piperidine rings is 1. The number of rotatable bonds is 9. The number of pyridine rings is 1. The van der Waals surface area contributed by atoms with Crippen LogP contribution in [0.4, 0.5) is 14.6 Å². The molecule has 2 aromatic carbocycles. The number of hydrogen-bond donors (Lipinski definition) is 3. The summed E-state index contributed by atoms with van der Waals surface area (Å²) in [4.78, 5) is 44.6. The summed E-state index contributed by atoms with van der Waals surface area (Å²) in [6.45, 7) is 4.59. The number of nitrogens with one attached hydrogen (secondary N) is 2. The van der Waals surface area contributed by atoms with E-state index in [1.165, 1.54) is 12.1 Å². The molecule has 6 rings (SSSR count). The van der Waals surface area contributed by atoms with Crippen LogP contribution >= 0.6 is 0 Å². The number of aromatic nitrogens is 1. The molecule has 0 unspecified atom stereocenters. The summed E-state index contributed by atoms with van der Waals surface area (Å²) >= 11 is 0. The van der Waals surface area contributed by atoms with Gasteiger partial charge >= 0.3 is 6.29 Å². The van der Waals surface area contributed by atoms with E-state index in [2.05, 4.69) is 30.0 Å². The molecule has 2 aliphatic heterocycles. The zero-order valence-electron chi connectivity index (χ0n) is 24.2. The van der Waals surface area contributed by atoms with Crippen molar-refractivity contribution in [1.29, 1.82) is 0 Å². The molecule has 3 heterocycles. The number of halogens is 2. The first-order valence-electron chi connectivity index (χ1n) is 14.6. The van der Waals surface area contributed by atoms with Crippen LogP contribution in [-0.2, 0) is 15.0 Å². The number of fused-ring (bicyclic) bond motifs is 1. The maximum atomic E-state index is 13.5. The number of alkyl halides is 2. The lowest BCUT2D eigenvalue weighted by Gasteiger charge is -2.30. The van der Waals surface area contributed by atoms with Gasteiger partial charge in [0.05, 0.1) is 11.1 Å². The number of aryl methyl sites for hydroxylation is 1. The molecule has 10 nitrogen and oxygen atoms in total. The van der Waals surface area contributed by atoms with Gasteiger partial charge in [-0.3, -0.25) is 14.4 Å². The van der Waals surface area contributed by atoms with Crippen molar-refractivity contribution in [2.24, 2.45) is 11.7 Å². The quantitative estimate of drug-likeness (QED) is 0.336. The molecule has 2 fully saturated rings. The summed E-state index contributed by atoms with van der Waals surface area (Å²) in [7, 11) is 0. The third-order valence-corrected chi connectivity index (χ3v) is 8.58. The SMILES string of the molecule is Cc1ccc(NC(=O)C2(c3ccc4c(c3)OC(F)(F)O4)CC2)nc1-c1cccc(C(=O)NCCN2CCC(C(N)=O)CC2)c1. The van der Waals surface area contributed by atoms with Crippen molar-refractivity contribution in [3.63, 3.8) is 0 Å². The van der Waals surface area contributed by atoms with Crippen molar-refractivity contribution in [3.05, 3.63) is 71.3 Å². The molecule has 1 aliphatic carbocycles. The number of nitrogens with zero attached hydrogens (tertiary/aromatic N) is 2. The zero-order valence-corrected chi connectivity index (χ0v) is 24.2. The van der Waals surface area contributed by atoms with Crippen LogP contribution in [0.2, 0.25) is 0 Å². The van der Waals surface area contributed by atoms with Crippen molar-refractivity contribution >= 4 is 23.5 Å². The normalized spacial score (nSPS) is 18.4. The molecule has 12 heteroatoms. The smallest absolute Gasteiger partial charge is 0.395 e. The molecule has 3 amide bonds. The number of ether oxygens (including phenoxy) is 2. The van der Waals surface area contributed by atoms with E-state index in [0.717, 1.165) is 37.1 Å². The highest BCUT2D eigenvalue weighted by molar-refractivity contribution is 6.01. The number of carbonyl (C=O) groups is 3. The highest BCUT2D eigenvalue weighted by Gasteiger charge is 2.53. The summed E-state index contributed by atoms with van der Waals surface area (Å²) in [5.41, 5.74) is 7.78. The summed E-state index contributed by atoms with van der Waals surface area (Å²) in [6.07, 6.45) is -1.16. The van der Waals surface area contributed by atoms with E-state index in [9.17, 15) is 23.2 Å². The standard InChI is InChI=1S/C32H33F2N5O5/c1-19-5-8-26(38-30(42)31(11-12-31)23-6-7-24-25(18-23)44-32(33,34)43-24)37-27(19)21-3-2-4-22(17-21)29(41)36-13-16-39-14-9-20(10-15-39)28(35)40/h2-8,17-18,20H,9-16H2,1H3,(H2,35,40)(H,36,41)(H,37,38,42). The Bertz CT molecular complexity index is 1620. The first kappa shape index (κ1) is 29.5. The van der Waals surface area contributed by atoms with Gasteiger partial charge in [0.2, 0.25) is 11.8 Å². The van der Waals surface area contributed by atoms with Gasteiger partial charge in [0, 0.05) is 30.1 Å². The molecule has 230 valence electrons. The van der Waals surface area contributed by atoms with Crippen LogP contribution in [0.25, 0.3) is 11.3 Å². The van der Waals surface area contributed by atoms with Gasteiger partial charge in [-0.15, -0.1) is 8.78 Å². The Kier molecular flexibility index (Phi) is 7.70. The number of nitrogens with two attached hydrogens (primary N) is 1. The lowest BCUT2D eigenvalue weighted by atomic mass is 9.94. The van der Waals surface area contributed by atoms with Crippen LogP contribution in [-0.4, -0.2) is 60.1 Å². The van der Waals surface area contributed by atoms with E-state index in [4.69, 9.17) is 5.73 Å². The Labute approximate surface area is 252 Å². The molecular formula is C32H33F2N5O5. The zero-order chi connectivity index (χ0) is 31.1. The van der Waals surface area contributed by atoms with Crippen molar-refractivity contribution in [2.75, 3.05) is 31.5 Å². The predicted molar refractivity (Wildman–Crippen MR) is 157 cm³/mol. The van der Waals surface area contributed by atoms with Crippen LogP contribution in [0.15, 0.2) is 54.6 Å².